The largest absolute Gasteiger partial charge is 0.366 e. The molecule has 0 aliphatic heterocycles. The highest BCUT2D eigenvalue weighted by Gasteiger charge is 2.22. The summed E-state index contributed by atoms with van der Waals surface area (Å²) in [4.78, 5) is 40.5. The van der Waals surface area contributed by atoms with E-state index in [4.69, 9.17) is 17.3 Å². The fourth-order valence-corrected chi connectivity index (χ4v) is 3.58. The van der Waals surface area contributed by atoms with Gasteiger partial charge in [0.2, 0.25) is 5.91 Å². The van der Waals surface area contributed by atoms with Gasteiger partial charge in [-0.05, 0) is 48.0 Å². The molecule has 0 saturated heterocycles. The Morgan fingerprint density at radius 1 is 0.935 bits per heavy atom. The smallest absolute Gasteiger partial charge is 0.252 e. The number of halogens is 1. The van der Waals surface area contributed by atoms with Crippen molar-refractivity contribution in [2.24, 2.45) is 5.73 Å². The number of fused-ring (bicyclic) bond motifs is 1. The van der Waals surface area contributed by atoms with Crippen LogP contribution in [0.25, 0.3) is 10.9 Å². The van der Waals surface area contributed by atoms with E-state index >= 15 is 0 Å². The summed E-state index contributed by atoms with van der Waals surface area (Å²) in [5.74, 6) is -0.961. The van der Waals surface area contributed by atoms with Crippen LogP contribution in [-0.2, 0) is 0 Å². The van der Waals surface area contributed by atoms with Gasteiger partial charge in [-0.1, -0.05) is 41.9 Å². The first-order valence-corrected chi connectivity index (χ1v) is 9.88. The Hall–Kier alpha value is -3.90. The second-order valence-corrected chi connectivity index (χ2v) is 7.46. The number of hydrogen-bond acceptors (Lipinski definition) is 3. The maximum atomic E-state index is 13.2. The van der Waals surface area contributed by atoms with Crippen molar-refractivity contribution in [3.63, 3.8) is 0 Å². The Morgan fingerprint density at radius 3 is 2.29 bits per heavy atom. The monoisotopic (exact) mass is 431 g/mol. The maximum Gasteiger partial charge on any atom is 0.252 e. The first-order valence-electron chi connectivity index (χ1n) is 9.50. The molecule has 6 nitrogen and oxygen atoms in total. The van der Waals surface area contributed by atoms with Gasteiger partial charge in [0.05, 0.1) is 11.6 Å². The number of nitrogens with two attached hydrogens (primary N) is 1. The van der Waals surface area contributed by atoms with Crippen molar-refractivity contribution in [1.29, 1.82) is 0 Å². The molecule has 0 bridgehead atoms. The lowest BCUT2D eigenvalue weighted by Crippen LogP contribution is -2.32. The molecular weight excluding hydrogens is 414 g/mol. The first kappa shape index (κ1) is 20.4. The van der Waals surface area contributed by atoms with Crippen LogP contribution >= 0.6 is 11.6 Å². The van der Waals surface area contributed by atoms with Crippen LogP contribution in [0.5, 0.6) is 0 Å². The van der Waals surface area contributed by atoms with E-state index in [-0.39, 0.29) is 11.3 Å². The Labute approximate surface area is 182 Å². The van der Waals surface area contributed by atoms with Crippen LogP contribution in [0.3, 0.4) is 0 Å². The van der Waals surface area contributed by atoms with Crippen molar-refractivity contribution in [1.82, 2.24) is 10.3 Å². The first-order chi connectivity index (χ1) is 14.9. The molecule has 4 aromatic rings. The number of aromatic amines is 1. The number of benzene rings is 3. The fourth-order valence-electron chi connectivity index (χ4n) is 3.41. The van der Waals surface area contributed by atoms with Gasteiger partial charge in [-0.2, -0.15) is 0 Å². The van der Waals surface area contributed by atoms with Crippen molar-refractivity contribution < 1.29 is 9.59 Å². The van der Waals surface area contributed by atoms with Crippen molar-refractivity contribution in [3.8, 4) is 0 Å². The third-order valence-electron chi connectivity index (χ3n) is 5.02. The molecule has 1 atom stereocenters. The molecule has 0 spiro atoms. The molecule has 0 fully saturated rings. The van der Waals surface area contributed by atoms with E-state index in [1.54, 1.807) is 24.4 Å². The van der Waals surface area contributed by atoms with Gasteiger partial charge in [0.1, 0.15) is 0 Å². The number of rotatable bonds is 5. The summed E-state index contributed by atoms with van der Waals surface area (Å²) < 4.78 is 0. The molecule has 154 valence electrons. The maximum absolute atomic E-state index is 13.2. The van der Waals surface area contributed by atoms with Gasteiger partial charge in [-0.25, -0.2) is 0 Å². The number of aromatic nitrogens is 1. The zero-order chi connectivity index (χ0) is 22.0. The summed E-state index contributed by atoms with van der Waals surface area (Å²) in [5.41, 5.74) is 7.46. The van der Waals surface area contributed by atoms with Gasteiger partial charge >= 0.3 is 0 Å². The van der Waals surface area contributed by atoms with E-state index in [2.05, 4.69) is 10.3 Å². The number of H-pyrrole nitrogens is 1. The Bertz CT molecular complexity index is 1330. The summed E-state index contributed by atoms with van der Waals surface area (Å²) in [6.07, 6.45) is 1.59. The summed E-state index contributed by atoms with van der Waals surface area (Å²) in [6.45, 7) is 0. The van der Waals surface area contributed by atoms with Gasteiger partial charge in [0.15, 0.2) is 5.43 Å². The minimum Gasteiger partial charge on any atom is -0.366 e. The molecular formula is C24H18ClN3O3. The zero-order valence-electron chi connectivity index (χ0n) is 16.3. The number of hydrogen-bond donors (Lipinski definition) is 3. The molecule has 0 saturated carbocycles. The van der Waals surface area contributed by atoms with Gasteiger partial charge < -0.3 is 16.0 Å². The molecule has 0 aliphatic rings. The van der Waals surface area contributed by atoms with Crippen LogP contribution < -0.4 is 16.5 Å². The standard InChI is InChI=1S/C24H18ClN3O3/c25-17-10-11-18-20(12-17)27-13-19(22(18)29)21(14-4-2-1-3-5-14)28-24(31)16-8-6-15(7-9-16)23(26)30/h1-13,21H,(H2,26,30)(H,27,29)(H,28,31). The summed E-state index contributed by atoms with van der Waals surface area (Å²) in [5, 5.41) is 3.92. The molecule has 1 aromatic heterocycles. The molecule has 0 aliphatic carbocycles. The van der Waals surface area contributed by atoms with E-state index in [1.807, 2.05) is 30.3 Å². The SMILES string of the molecule is NC(=O)c1ccc(C(=O)NC(c2ccccc2)c2c[nH]c3cc(Cl)ccc3c2=O)cc1. The van der Waals surface area contributed by atoms with Crippen LogP contribution in [0.1, 0.15) is 37.9 Å². The van der Waals surface area contributed by atoms with Crippen LogP contribution in [0.4, 0.5) is 0 Å². The Kier molecular flexibility index (Phi) is 5.56. The molecule has 7 heteroatoms. The Morgan fingerprint density at radius 2 is 1.61 bits per heavy atom. The van der Waals surface area contributed by atoms with Crippen LogP contribution in [0.15, 0.2) is 83.8 Å². The average molecular weight is 432 g/mol. The second kappa shape index (κ2) is 8.45. The third-order valence-corrected chi connectivity index (χ3v) is 5.26. The molecule has 4 N–H and O–H groups in total. The summed E-state index contributed by atoms with van der Waals surface area (Å²) in [6, 6.07) is 19.5. The molecule has 4 rings (SSSR count). The van der Waals surface area contributed by atoms with Crippen molar-refractivity contribution in [2.75, 3.05) is 0 Å². The molecule has 1 unspecified atom stereocenters. The highest BCUT2D eigenvalue weighted by molar-refractivity contribution is 6.31. The minimum absolute atomic E-state index is 0.205. The van der Waals surface area contributed by atoms with Crippen molar-refractivity contribution in [3.05, 3.63) is 116 Å². The molecule has 2 amide bonds. The van der Waals surface area contributed by atoms with E-state index in [9.17, 15) is 14.4 Å². The van der Waals surface area contributed by atoms with E-state index in [0.29, 0.717) is 32.6 Å². The predicted molar refractivity (Wildman–Crippen MR) is 120 cm³/mol. The van der Waals surface area contributed by atoms with Crippen molar-refractivity contribution >= 4 is 34.3 Å². The lowest BCUT2D eigenvalue weighted by molar-refractivity contribution is 0.0940. The van der Waals surface area contributed by atoms with E-state index in [1.165, 1.54) is 24.3 Å². The fraction of sp³-hybridized carbons (Fsp3) is 0.0417. The highest BCUT2D eigenvalue weighted by atomic mass is 35.5. The second-order valence-electron chi connectivity index (χ2n) is 7.02. The van der Waals surface area contributed by atoms with Gasteiger partial charge in [0.25, 0.3) is 5.91 Å². The normalized spacial score (nSPS) is 11.8. The number of primary amides is 1. The van der Waals surface area contributed by atoms with Crippen LogP contribution in [0.2, 0.25) is 5.02 Å². The topological polar surface area (TPSA) is 105 Å². The minimum atomic E-state index is -0.687. The van der Waals surface area contributed by atoms with Gasteiger partial charge in [-0.3, -0.25) is 14.4 Å². The lowest BCUT2D eigenvalue weighted by Gasteiger charge is -2.20. The van der Waals surface area contributed by atoms with Gasteiger partial charge in [-0.15, -0.1) is 0 Å². The van der Waals surface area contributed by atoms with Crippen LogP contribution in [-0.4, -0.2) is 16.8 Å². The quantitative estimate of drug-likeness (QED) is 0.447. The number of nitrogens with one attached hydrogen (secondary N) is 2. The Balaban J connectivity index is 1.75. The highest BCUT2D eigenvalue weighted by Crippen LogP contribution is 2.23. The number of amides is 2. The molecule has 1 heterocycles. The van der Waals surface area contributed by atoms with E-state index < -0.39 is 11.9 Å². The zero-order valence-corrected chi connectivity index (χ0v) is 17.0. The summed E-state index contributed by atoms with van der Waals surface area (Å²) in [7, 11) is 0. The van der Waals surface area contributed by atoms with E-state index in [0.717, 1.165) is 5.56 Å². The molecule has 31 heavy (non-hydrogen) atoms. The number of carbonyl (C=O) groups is 2. The average Bonchev–Trinajstić information content (AvgIpc) is 2.78. The van der Waals surface area contributed by atoms with Gasteiger partial charge in [0, 0.05) is 33.3 Å². The van der Waals surface area contributed by atoms with Crippen molar-refractivity contribution in [2.45, 2.75) is 6.04 Å². The number of carbonyl (C=O) groups excluding carboxylic acids is 2. The summed E-state index contributed by atoms with van der Waals surface area (Å²) >= 11 is 6.03. The third kappa shape index (κ3) is 4.20. The van der Waals surface area contributed by atoms with Crippen LogP contribution in [0, 0.1) is 0 Å². The molecule has 0 radical (unpaired) electrons. The lowest BCUT2D eigenvalue weighted by atomic mass is 9.97. The predicted octanol–water partition coefficient (Wildman–Crippen LogP) is 3.80. The number of pyridine rings is 1. The molecule has 3 aromatic carbocycles.